The van der Waals surface area contributed by atoms with E-state index in [9.17, 15) is 9.90 Å². The average molecular weight is 317 g/mol. The maximum Gasteiger partial charge on any atom is 0.252 e. The second-order valence-electron chi connectivity index (χ2n) is 5.21. The molecule has 0 aromatic heterocycles. The van der Waals surface area contributed by atoms with Crippen molar-refractivity contribution in [3.8, 4) is 0 Å². The van der Waals surface area contributed by atoms with Crippen LogP contribution in [0.15, 0.2) is 12.1 Å². The van der Waals surface area contributed by atoms with E-state index in [1.807, 2.05) is 0 Å². The standard InChI is InChI=1S/C14H18Cl2N2O2/c15-12-5-10(17)4-11(13(12)16)14(20)18-6-8-2-1-3-9(8)7-19/h4-5,8-9,19H,1-3,6-7,17H2,(H,18,20). The summed E-state index contributed by atoms with van der Waals surface area (Å²) in [6, 6.07) is 3.03. The van der Waals surface area contributed by atoms with Crippen molar-refractivity contribution in [3.63, 3.8) is 0 Å². The highest BCUT2D eigenvalue weighted by Gasteiger charge is 2.27. The molecule has 20 heavy (non-hydrogen) atoms. The second kappa shape index (κ2) is 6.66. The summed E-state index contributed by atoms with van der Waals surface area (Å²) >= 11 is 11.9. The first kappa shape index (κ1) is 15.4. The second-order valence-corrected chi connectivity index (χ2v) is 5.99. The van der Waals surface area contributed by atoms with Crippen LogP contribution in [0.2, 0.25) is 10.0 Å². The summed E-state index contributed by atoms with van der Waals surface area (Å²) in [6.45, 7) is 0.707. The molecule has 1 aromatic carbocycles. The molecule has 0 saturated heterocycles. The van der Waals surface area contributed by atoms with E-state index in [4.69, 9.17) is 28.9 Å². The van der Waals surface area contributed by atoms with Gasteiger partial charge in [0.1, 0.15) is 0 Å². The molecular weight excluding hydrogens is 299 g/mol. The molecular formula is C14H18Cl2N2O2. The Hall–Kier alpha value is -0.970. The third-order valence-electron chi connectivity index (χ3n) is 3.87. The van der Waals surface area contributed by atoms with Crippen LogP contribution in [0, 0.1) is 11.8 Å². The van der Waals surface area contributed by atoms with Crippen molar-refractivity contribution in [3.05, 3.63) is 27.7 Å². The van der Waals surface area contributed by atoms with Crippen molar-refractivity contribution >= 4 is 34.8 Å². The largest absolute Gasteiger partial charge is 0.399 e. The summed E-state index contributed by atoms with van der Waals surface area (Å²) in [6.07, 6.45) is 3.13. The number of nitrogen functional groups attached to an aromatic ring is 1. The average Bonchev–Trinajstić information content (AvgIpc) is 2.87. The van der Waals surface area contributed by atoms with Gasteiger partial charge in [0.2, 0.25) is 0 Å². The van der Waals surface area contributed by atoms with Crippen molar-refractivity contribution in [2.75, 3.05) is 18.9 Å². The van der Waals surface area contributed by atoms with Gasteiger partial charge in [-0.25, -0.2) is 0 Å². The highest BCUT2D eigenvalue weighted by molar-refractivity contribution is 6.44. The number of carbonyl (C=O) groups excluding carboxylic acids is 1. The number of amides is 1. The first-order valence-corrected chi connectivity index (χ1v) is 7.42. The predicted octanol–water partition coefficient (Wildman–Crippen LogP) is 2.71. The number of carbonyl (C=O) groups is 1. The molecule has 1 aliphatic rings. The van der Waals surface area contributed by atoms with Crippen LogP contribution in [0.5, 0.6) is 0 Å². The Morgan fingerprint density at radius 1 is 1.35 bits per heavy atom. The van der Waals surface area contributed by atoms with Crippen LogP contribution in [0.4, 0.5) is 5.69 Å². The number of aliphatic hydroxyl groups is 1. The Morgan fingerprint density at radius 3 is 2.75 bits per heavy atom. The molecule has 0 bridgehead atoms. The monoisotopic (exact) mass is 316 g/mol. The zero-order valence-corrected chi connectivity index (χ0v) is 12.5. The van der Waals surface area contributed by atoms with Gasteiger partial charge in [-0.2, -0.15) is 0 Å². The van der Waals surface area contributed by atoms with Crippen LogP contribution >= 0.6 is 23.2 Å². The van der Waals surface area contributed by atoms with Crippen LogP contribution in [0.3, 0.4) is 0 Å². The lowest BCUT2D eigenvalue weighted by molar-refractivity contribution is 0.0938. The molecule has 1 fully saturated rings. The Bertz CT molecular complexity index is 508. The highest BCUT2D eigenvalue weighted by Crippen LogP contribution is 2.31. The summed E-state index contributed by atoms with van der Waals surface area (Å²) in [5, 5.41) is 12.6. The fourth-order valence-electron chi connectivity index (χ4n) is 2.72. The summed E-state index contributed by atoms with van der Waals surface area (Å²) in [5.74, 6) is 0.308. The predicted molar refractivity (Wildman–Crippen MR) is 81.1 cm³/mol. The molecule has 4 nitrogen and oxygen atoms in total. The lowest BCUT2D eigenvalue weighted by Gasteiger charge is -2.18. The number of rotatable bonds is 4. The van der Waals surface area contributed by atoms with Gasteiger partial charge in [0.25, 0.3) is 5.91 Å². The first-order chi connectivity index (χ1) is 9.52. The Kier molecular flexibility index (Phi) is 5.13. The van der Waals surface area contributed by atoms with E-state index in [1.54, 1.807) is 0 Å². The van der Waals surface area contributed by atoms with Crippen LogP contribution in [0.25, 0.3) is 0 Å². The molecule has 0 aliphatic heterocycles. The number of nitrogens with two attached hydrogens (primary N) is 1. The summed E-state index contributed by atoms with van der Waals surface area (Å²) in [7, 11) is 0. The number of aliphatic hydroxyl groups excluding tert-OH is 1. The van der Waals surface area contributed by atoms with Crippen LogP contribution in [-0.2, 0) is 0 Å². The summed E-state index contributed by atoms with van der Waals surface area (Å²) < 4.78 is 0. The van der Waals surface area contributed by atoms with Crippen molar-refractivity contribution in [1.82, 2.24) is 5.32 Å². The van der Waals surface area contributed by atoms with Gasteiger partial charge in [0.15, 0.2) is 0 Å². The van der Waals surface area contributed by atoms with Gasteiger partial charge in [-0.15, -0.1) is 0 Å². The lowest BCUT2D eigenvalue weighted by atomic mass is 9.97. The van der Waals surface area contributed by atoms with E-state index in [0.717, 1.165) is 19.3 Å². The summed E-state index contributed by atoms with van der Waals surface area (Å²) in [5.41, 5.74) is 6.36. The molecule has 1 aliphatic carbocycles. The minimum atomic E-state index is -0.284. The molecule has 1 amide bonds. The van der Waals surface area contributed by atoms with Gasteiger partial charge < -0.3 is 16.2 Å². The van der Waals surface area contributed by atoms with Gasteiger partial charge in [-0.1, -0.05) is 29.6 Å². The van der Waals surface area contributed by atoms with E-state index in [-0.39, 0.29) is 34.0 Å². The number of nitrogens with one attached hydrogen (secondary N) is 1. The third-order valence-corrected chi connectivity index (χ3v) is 4.67. The Balaban J connectivity index is 2.02. The minimum absolute atomic E-state index is 0.172. The molecule has 0 heterocycles. The maximum absolute atomic E-state index is 12.1. The topological polar surface area (TPSA) is 75.4 Å². The third kappa shape index (κ3) is 3.37. The molecule has 2 atom stereocenters. The number of anilines is 1. The van der Waals surface area contributed by atoms with Gasteiger partial charge >= 0.3 is 0 Å². The van der Waals surface area contributed by atoms with Gasteiger partial charge in [-0.05, 0) is 36.8 Å². The minimum Gasteiger partial charge on any atom is -0.399 e. The van der Waals surface area contributed by atoms with Gasteiger partial charge in [0, 0.05) is 18.8 Å². The highest BCUT2D eigenvalue weighted by atomic mass is 35.5. The zero-order chi connectivity index (χ0) is 14.7. The van der Waals surface area contributed by atoms with E-state index in [1.165, 1.54) is 12.1 Å². The van der Waals surface area contributed by atoms with Crippen molar-refractivity contribution < 1.29 is 9.90 Å². The zero-order valence-electron chi connectivity index (χ0n) is 11.0. The number of benzene rings is 1. The first-order valence-electron chi connectivity index (χ1n) is 6.66. The van der Waals surface area contributed by atoms with E-state index < -0.39 is 0 Å². The van der Waals surface area contributed by atoms with Gasteiger partial charge in [0.05, 0.1) is 15.6 Å². The normalized spacial score (nSPS) is 21.9. The molecule has 2 rings (SSSR count). The fourth-order valence-corrected chi connectivity index (χ4v) is 3.14. The Morgan fingerprint density at radius 2 is 2.05 bits per heavy atom. The van der Waals surface area contributed by atoms with Crippen molar-refractivity contribution in [2.24, 2.45) is 11.8 Å². The van der Waals surface area contributed by atoms with Crippen LogP contribution < -0.4 is 11.1 Å². The molecule has 1 aromatic rings. The molecule has 1 saturated carbocycles. The van der Waals surface area contributed by atoms with Crippen LogP contribution in [0.1, 0.15) is 29.6 Å². The molecule has 6 heteroatoms. The van der Waals surface area contributed by atoms with Crippen LogP contribution in [-0.4, -0.2) is 24.2 Å². The van der Waals surface area contributed by atoms with Crippen molar-refractivity contribution in [2.45, 2.75) is 19.3 Å². The van der Waals surface area contributed by atoms with Crippen molar-refractivity contribution in [1.29, 1.82) is 0 Å². The van der Waals surface area contributed by atoms with E-state index in [0.29, 0.717) is 18.2 Å². The van der Waals surface area contributed by atoms with E-state index in [2.05, 4.69) is 5.32 Å². The summed E-state index contributed by atoms with van der Waals surface area (Å²) in [4.78, 5) is 12.1. The van der Waals surface area contributed by atoms with E-state index >= 15 is 0 Å². The number of hydrogen-bond acceptors (Lipinski definition) is 3. The Labute approximate surface area is 128 Å². The molecule has 0 spiro atoms. The smallest absolute Gasteiger partial charge is 0.252 e. The van der Waals surface area contributed by atoms with Gasteiger partial charge in [-0.3, -0.25) is 4.79 Å². The maximum atomic E-state index is 12.1. The lowest BCUT2D eigenvalue weighted by Crippen LogP contribution is -2.31. The quantitative estimate of drug-likeness (QED) is 0.748. The molecule has 4 N–H and O–H groups in total. The molecule has 2 unspecified atom stereocenters. The SMILES string of the molecule is Nc1cc(Cl)c(Cl)c(C(=O)NCC2CCCC2CO)c1. The number of halogens is 2. The molecule has 110 valence electrons. The number of hydrogen-bond donors (Lipinski definition) is 3. The fraction of sp³-hybridized carbons (Fsp3) is 0.500. The molecule has 0 radical (unpaired) electrons.